The first-order valence-corrected chi connectivity index (χ1v) is 9.86. The molecule has 0 aliphatic heterocycles. The zero-order valence-corrected chi connectivity index (χ0v) is 15.0. The summed E-state index contributed by atoms with van der Waals surface area (Å²) in [5, 5.41) is 1.78. The average molecular weight is 388 g/mol. The van der Waals surface area contributed by atoms with Crippen molar-refractivity contribution in [3.63, 3.8) is 0 Å². The van der Waals surface area contributed by atoms with Crippen LogP contribution in [0.1, 0.15) is 18.4 Å². The number of aryl methyl sites for hydroxylation is 1. The van der Waals surface area contributed by atoms with Crippen LogP contribution in [0.25, 0.3) is 0 Å². The van der Waals surface area contributed by atoms with Gasteiger partial charge >= 0.3 is 0 Å². The van der Waals surface area contributed by atoms with Crippen molar-refractivity contribution in [2.45, 2.75) is 23.5 Å². The number of nitrogens with zero attached hydrogens (tertiary/aromatic N) is 1. The van der Waals surface area contributed by atoms with E-state index >= 15 is 0 Å². The van der Waals surface area contributed by atoms with Gasteiger partial charge in [0.1, 0.15) is 4.21 Å². The summed E-state index contributed by atoms with van der Waals surface area (Å²) in [6.07, 6.45) is 2.82. The molecule has 0 aliphatic carbocycles. The highest BCUT2D eigenvalue weighted by Crippen LogP contribution is 2.29. The lowest BCUT2D eigenvalue weighted by molar-refractivity contribution is 0.456. The van der Waals surface area contributed by atoms with Crippen molar-refractivity contribution in [1.82, 2.24) is 4.31 Å². The SMILES string of the molecule is CN(CCCCc1ccccc1)S(=O)(=O)c1sccc1Br. The summed E-state index contributed by atoms with van der Waals surface area (Å²) in [6.45, 7) is 0.541. The third kappa shape index (κ3) is 4.39. The van der Waals surface area contributed by atoms with Crippen molar-refractivity contribution in [3.05, 3.63) is 51.8 Å². The van der Waals surface area contributed by atoms with Crippen LogP contribution >= 0.6 is 27.3 Å². The molecule has 0 saturated carbocycles. The Morgan fingerprint density at radius 2 is 1.86 bits per heavy atom. The highest BCUT2D eigenvalue weighted by Gasteiger charge is 2.24. The normalized spacial score (nSPS) is 12.0. The monoisotopic (exact) mass is 387 g/mol. The number of hydrogen-bond donors (Lipinski definition) is 0. The van der Waals surface area contributed by atoms with Gasteiger partial charge in [-0.25, -0.2) is 12.7 Å². The molecule has 0 saturated heterocycles. The Bertz CT molecular complexity index is 668. The molecule has 0 bridgehead atoms. The molecule has 21 heavy (non-hydrogen) atoms. The van der Waals surface area contributed by atoms with E-state index in [0.29, 0.717) is 15.2 Å². The van der Waals surface area contributed by atoms with Gasteiger partial charge in [0.25, 0.3) is 10.0 Å². The molecule has 1 heterocycles. The predicted octanol–water partition coefficient (Wildman–Crippen LogP) is 4.15. The molecule has 1 aromatic carbocycles. The van der Waals surface area contributed by atoms with E-state index in [1.54, 1.807) is 18.5 Å². The molecule has 114 valence electrons. The summed E-state index contributed by atoms with van der Waals surface area (Å²) < 4.78 is 27.2. The van der Waals surface area contributed by atoms with Gasteiger partial charge < -0.3 is 0 Å². The summed E-state index contributed by atoms with van der Waals surface area (Å²) in [5.41, 5.74) is 1.30. The van der Waals surface area contributed by atoms with E-state index < -0.39 is 10.0 Å². The minimum Gasteiger partial charge on any atom is -0.206 e. The molecule has 0 atom stereocenters. The Balaban J connectivity index is 1.85. The number of hydrogen-bond acceptors (Lipinski definition) is 3. The molecule has 6 heteroatoms. The molecule has 2 rings (SSSR count). The van der Waals surface area contributed by atoms with Crippen LogP contribution in [0.4, 0.5) is 0 Å². The number of unbranched alkanes of at least 4 members (excludes halogenated alkanes) is 1. The van der Waals surface area contributed by atoms with Gasteiger partial charge in [-0.1, -0.05) is 30.3 Å². The number of halogens is 1. The first-order valence-electron chi connectivity index (χ1n) is 6.75. The Labute approximate surface area is 138 Å². The molecule has 0 radical (unpaired) electrons. The van der Waals surface area contributed by atoms with Crippen LogP contribution < -0.4 is 0 Å². The first kappa shape index (κ1) is 16.7. The second kappa shape index (κ2) is 7.54. The molecule has 0 unspecified atom stereocenters. The lowest BCUT2D eigenvalue weighted by Crippen LogP contribution is -2.27. The smallest absolute Gasteiger partial charge is 0.206 e. The molecule has 1 aromatic heterocycles. The van der Waals surface area contributed by atoms with E-state index in [-0.39, 0.29) is 0 Å². The maximum Gasteiger partial charge on any atom is 0.253 e. The van der Waals surface area contributed by atoms with E-state index in [1.165, 1.54) is 21.2 Å². The van der Waals surface area contributed by atoms with Crippen molar-refractivity contribution in [2.75, 3.05) is 13.6 Å². The van der Waals surface area contributed by atoms with Crippen LogP contribution in [0.3, 0.4) is 0 Å². The molecule has 0 amide bonds. The van der Waals surface area contributed by atoms with Crippen LogP contribution in [0, 0.1) is 0 Å². The zero-order valence-electron chi connectivity index (χ0n) is 11.8. The summed E-state index contributed by atoms with van der Waals surface area (Å²) >= 11 is 4.53. The van der Waals surface area contributed by atoms with E-state index in [0.717, 1.165) is 19.3 Å². The Morgan fingerprint density at radius 3 is 2.48 bits per heavy atom. The number of benzene rings is 1. The minimum absolute atomic E-state index is 0.382. The minimum atomic E-state index is -3.37. The molecule has 0 spiro atoms. The predicted molar refractivity (Wildman–Crippen MR) is 91.2 cm³/mol. The average Bonchev–Trinajstić information content (AvgIpc) is 2.91. The van der Waals surface area contributed by atoms with Crippen LogP contribution in [0.15, 0.2) is 50.5 Å². The largest absolute Gasteiger partial charge is 0.253 e. The highest BCUT2D eigenvalue weighted by molar-refractivity contribution is 9.10. The molecule has 0 fully saturated rings. The third-order valence-electron chi connectivity index (χ3n) is 3.26. The Hall–Kier alpha value is -0.690. The van der Waals surface area contributed by atoms with Gasteiger partial charge in [-0.3, -0.25) is 0 Å². The quantitative estimate of drug-likeness (QED) is 0.668. The topological polar surface area (TPSA) is 37.4 Å². The van der Waals surface area contributed by atoms with Crippen LogP contribution in [0.2, 0.25) is 0 Å². The summed E-state index contributed by atoms with van der Waals surface area (Å²) in [4.78, 5) is 0. The van der Waals surface area contributed by atoms with Gasteiger partial charge in [0, 0.05) is 18.1 Å². The number of rotatable bonds is 7. The third-order valence-corrected chi connectivity index (χ3v) is 7.76. The zero-order chi connectivity index (χ0) is 15.3. The molecular weight excluding hydrogens is 370 g/mol. The maximum atomic E-state index is 12.4. The van der Waals surface area contributed by atoms with Crippen molar-refractivity contribution < 1.29 is 8.42 Å². The Kier molecular flexibility index (Phi) is 5.98. The van der Waals surface area contributed by atoms with Crippen LogP contribution in [0.5, 0.6) is 0 Å². The number of sulfonamides is 1. The molecule has 3 nitrogen and oxygen atoms in total. The van der Waals surface area contributed by atoms with Crippen molar-refractivity contribution in [3.8, 4) is 0 Å². The first-order chi connectivity index (χ1) is 10.0. The lowest BCUT2D eigenvalue weighted by Gasteiger charge is -2.16. The second-order valence-corrected chi connectivity index (χ2v) is 8.84. The second-order valence-electron chi connectivity index (χ2n) is 4.83. The van der Waals surface area contributed by atoms with Crippen LogP contribution in [-0.2, 0) is 16.4 Å². The fourth-order valence-corrected chi connectivity index (χ4v) is 5.75. The van der Waals surface area contributed by atoms with Gasteiger partial charge in [0.15, 0.2) is 0 Å². The molecule has 0 aliphatic rings. The van der Waals surface area contributed by atoms with Gasteiger partial charge in [-0.2, -0.15) is 0 Å². The van der Waals surface area contributed by atoms with Gasteiger partial charge in [0.05, 0.1) is 0 Å². The van der Waals surface area contributed by atoms with Gasteiger partial charge in [-0.15, -0.1) is 11.3 Å². The highest BCUT2D eigenvalue weighted by atomic mass is 79.9. The van der Waals surface area contributed by atoms with E-state index in [4.69, 9.17) is 0 Å². The Morgan fingerprint density at radius 1 is 1.14 bits per heavy atom. The van der Waals surface area contributed by atoms with Crippen molar-refractivity contribution in [1.29, 1.82) is 0 Å². The lowest BCUT2D eigenvalue weighted by atomic mass is 10.1. The van der Waals surface area contributed by atoms with Crippen molar-refractivity contribution in [2.24, 2.45) is 0 Å². The van der Waals surface area contributed by atoms with Gasteiger partial charge in [-0.05, 0) is 52.2 Å². The summed E-state index contributed by atoms with van der Waals surface area (Å²) in [6, 6.07) is 12.0. The molecular formula is C15H18BrNO2S2. The number of thiophene rings is 1. The molecule has 0 N–H and O–H groups in total. The molecule has 2 aromatic rings. The standard InChI is InChI=1S/C15H18BrNO2S2/c1-17(21(18,19)15-14(16)10-12-20-15)11-6-5-9-13-7-3-2-4-8-13/h2-4,7-8,10,12H,5-6,9,11H2,1H3. The summed E-state index contributed by atoms with van der Waals surface area (Å²) in [5.74, 6) is 0. The fourth-order valence-electron chi connectivity index (χ4n) is 2.03. The van der Waals surface area contributed by atoms with E-state index in [2.05, 4.69) is 28.1 Å². The van der Waals surface area contributed by atoms with Crippen molar-refractivity contribution >= 4 is 37.3 Å². The van der Waals surface area contributed by atoms with E-state index in [1.807, 2.05) is 18.2 Å². The fraction of sp³-hybridized carbons (Fsp3) is 0.333. The van der Waals surface area contributed by atoms with Crippen LogP contribution in [-0.4, -0.2) is 26.3 Å². The maximum absolute atomic E-state index is 12.4. The summed E-state index contributed by atoms with van der Waals surface area (Å²) in [7, 11) is -1.72. The van der Waals surface area contributed by atoms with E-state index in [9.17, 15) is 8.42 Å². The van der Waals surface area contributed by atoms with Gasteiger partial charge in [0.2, 0.25) is 0 Å².